The predicted octanol–water partition coefficient (Wildman–Crippen LogP) is 0.521. The van der Waals surface area contributed by atoms with Gasteiger partial charge in [0.25, 0.3) is 0 Å². The Hall–Kier alpha value is -1.32. The fourth-order valence-corrected chi connectivity index (χ4v) is 1.02. The van der Waals surface area contributed by atoms with Crippen LogP contribution < -0.4 is 11.0 Å². The second kappa shape index (κ2) is 3.38. The van der Waals surface area contributed by atoms with Gasteiger partial charge >= 0.3 is 5.69 Å². The highest BCUT2D eigenvalue weighted by Gasteiger charge is 2.00. The Bertz CT molecular complexity index is 330. The average molecular weight is 167 g/mol. The molecule has 0 unspecified atom stereocenters. The van der Waals surface area contributed by atoms with E-state index in [1.165, 1.54) is 4.57 Å². The third kappa shape index (κ3) is 1.64. The molecule has 1 N–H and O–H groups in total. The summed E-state index contributed by atoms with van der Waals surface area (Å²) in [7, 11) is 1.69. The summed E-state index contributed by atoms with van der Waals surface area (Å²) in [4.78, 5) is 14.9. The van der Waals surface area contributed by atoms with Crippen LogP contribution in [0.25, 0.3) is 0 Å². The standard InChI is InChI=1S/C8H13N3O/c1-4-9-7-6(2)5-11(3)8(12)10-7/h5H,4H2,1-3H3,(H,9,10,12). The molecule has 0 saturated heterocycles. The Morgan fingerprint density at radius 1 is 1.67 bits per heavy atom. The molecule has 0 atom stereocenters. The monoisotopic (exact) mass is 167 g/mol. The van der Waals surface area contributed by atoms with Gasteiger partial charge in [0.05, 0.1) is 0 Å². The maximum Gasteiger partial charge on any atom is 0.349 e. The van der Waals surface area contributed by atoms with Gasteiger partial charge in [-0.05, 0) is 13.8 Å². The Balaban J connectivity index is 3.14. The van der Waals surface area contributed by atoms with Gasteiger partial charge in [0.2, 0.25) is 0 Å². The molecule has 0 spiro atoms. The van der Waals surface area contributed by atoms with E-state index in [-0.39, 0.29) is 5.69 Å². The molecular weight excluding hydrogens is 154 g/mol. The van der Waals surface area contributed by atoms with Crippen LogP contribution in [0, 0.1) is 6.92 Å². The first-order valence-corrected chi connectivity index (χ1v) is 3.93. The number of nitrogens with one attached hydrogen (secondary N) is 1. The molecule has 1 aromatic heterocycles. The molecule has 0 aromatic carbocycles. The first-order chi connectivity index (χ1) is 5.65. The van der Waals surface area contributed by atoms with Crippen LogP contribution in [0.3, 0.4) is 0 Å². The van der Waals surface area contributed by atoms with Crippen molar-refractivity contribution in [3.8, 4) is 0 Å². The summed E-state index contributed by atoms with van der Waals surface area (Å²) in [5, 5.41) is 3.02. The zero-order valence-corrected chi connectivity index (χ0v) is 7.59. The third-order valence-corrected chi connectivity index (χ3v) is 1.61. The van der Waals surface area contributed by atoms with Gasteiger partial charge in [-0.3, -0.25) is 0 Å². The average Bonchev–Trinajstić information content (AvgIpc) is 2.01. The summed E-state index contributed by atoms with van der Waals surface area (Å²) in [6.45, 7) is 4.67. The van der Waals surface area contributed by atoms with E-state index < -0.39 is 0 Å². The molecule has 12 heavy (non-hydrogen) atoms. The summed E-state index contributed by atoms with van der Waals surface area (Å²) in [6.07, 6.45) is 1.77. The fraction of sp³-hybridized carbons (Fsp3) is 0.500. The fourth-order valence-electron chi connectivity index (χ4n) is 1.02. The van der Waals surface area contributed by atoms with E-state index in [2.05, 4.69) is 10.3 Å². The normalized spacial score (nSPS) is 9.92. The third-order valence-electron chi connectivity index (χ3n) is 1.61. The van der Waals surface area contributed by atoms with Crippen molar-refractivity contribution in [1.29, 1.82) is 0 Å². The lowest BCUT2D eigenvalue weighted by atomic mass is 10.3. The van der Waals surface area contributed by atoms with E-state index >= 15 is 0 Å². The zero-order chi connectivity index (χ0) is 9.14. The predicted molar refractivity (Wildman–Crippen MR) is 48.4 cm³/mol. The van der Waals surface area contributed by atoms with E-state index in [0.29, 0.717) is 5.82 Å². The Morgan fingerprint density at radius 2 is 2.33 bits per heavy atom. The minimum Gasteiger partial charge on any atom is -0.370 e. The van der Waals surface area contributed by atoms with Crippen LogP contribution in [0.15, 0.2) is 11.0 Å². The lowest BCUT2D eigenvalue weighted by Crippen LogP contribution is -2.21. The second-order valence-corrected chi connectivity index (χ2v) is 2.70. The molecule has 1 aromatic rings. The van der Waals surface area contributed by atoms with Crippen LogP contribution in [-0.4, -0.2) is 16.1 Å². The number of hydrogen-bond acceptors (Lipinski definition) is 3. The van der Waals surface area contributed by atoms with Crippen LogP contribution in [0.5, 0.6) is 0 Å². The number of aryl methyl sites for hydroxylation is 2. The van der Waals surface area contributed by atoms with Crippen molar-refractivity contribution in [2.45, 2.75) is 13.8 Å². The van der Waals surface area contributed by atoms with Gasteiger partial charge in [0.1, 0.15) is 5.82 Å². The Labute approximate surface area is 71.3 Å². The van der Waals surface area contributed by atoms with Crippen molar-refractivity contribution in [3.05, 3.63) is 22.2 Å². The topological polar surface area (TPSA) is 46.9 Å². The molecule has 0 aliphatic carbocycles. The highest BCUT2D eigenvalue weighted by Crippen LogP contribution is 2.05. The maximum atomic E-state index is 11.1. The summed E-state index contributed by atoms with van der Waals surface area (Å²) in [5.74, 6) is 0.681. The molecule has 0 aliphatic heterocycles. The van der Waals surface area contributed by atoms with Gasteiger partial charge in [-0.25, -0.2) is 4.79 Å². The van der Waals surface area contributed by atoms with Crippen LogP contribution in [0.1, 0.15) is 12.5 Å². The number of aromatic nitrogens is 2. The van der Waals surface area contributed by atoms with Crippen molar-refractivity contribution < 1.29 is 0 Å². The highest BCUT2D eigenvalue weighted by atomic mass is 16.1. The highest BCUT2D eigenvalue weighted by molar-refractivity contribution is 5.40. The Morgan fingerprint density at radius 3 is 2.92 bits per heavy atom. The molecular formula is C8H13N3O. The van der Waals surface area contributed by atoms with Gasteiger partial charge in [0, 0.05) is 25.4 Å². The first kappa shape index (κ1) is 8.77. The molecule has 4 heteroatoms. The number of anilines is 1. The van der Waals surface area contributed by atoms with Crippen molar-refractivity contribution in [2.24, 2.45) is 7.05 Å². The molecule has 0 amide bonds. The van der Waals surface area contributed by atoms with Gasteiger partial charge < -0.3 is 9.88 Å². The minimum absolute atomic E-state index is 0.225. The molecule has 0 saturated carbocycles. The van der Waals surface area contributed by atoms with Crippen LogP contribution in [-0.2, 0) is 7.05 Å². The quantitative estimate of drug-likeness (QED) is 0.698. The number of rotatable bonds is 2. The molecule has 1 rings (SSSR count). The van der Waals surface area contributed by atoms with Gasteiger partial charge in [-0.2, -0.15) is 4.98 Å². The molecule has 0 aliphatic rings. The van der Waals surface area contributed by atoms with Crippen molar-refractivity contribution in [3.63, 3.8) is 0 Å². The molecule has 0 fully saturated rings. The van der Waals surface area contributed by atoms with E-state index in [1.807, 2.05) is 13.8 Å². The number of nitrogens with zero attached hydrogens (tertiary/aromatic N) is 2. The largest absolute Gasteiger partial charge is 0.370 e. The van der Waals surface area contributed by atoms with Gasteiger partial charge in [0.15, 0.2) is 0 Å². The van der Waals surface area contributed by atoms with Crippen LogP contribution >= 0.6 is 0 Å². The summed E-state index contributed by atoms with van der Waals surface area (Å²) < 4.78 is 1.47. The SMILES string of the molecule is CCNc1nc(=O)n(C)cc1C. The van der Waals surface area contributed by atoms with Crippen LogP contribution in [0.4, 0.5) is 5.82 Å². The van der Waals surface area contributed by atoms with Gasteiger partial charge in [-0.1, -0.05) is 0 Å². The van der Waals surface area contributed by atoms with Crippen LogP contribution in [0.2, 0.25) is 0 Å². The minimum atomic E-state index is -0.225. The van der Waals surface area contributed by atoms with Crippen molar-refractivity contribution in [2.75, 3.05) is 11.9 Å². The van der Waals surface area contributed by atoms with E-state index in [4.69, 9.17) is 0 Å². The van der Waals surface area contributed by atoms with E-state index in [0.717, 1.165) is 12.1 Å². The van der Waals surface area contributed by atoms with E-state index in [1.54, 1.807) is 13.2 Å². The number of hydrogen-bond donors (Lipinski definition) is 1. The van der Waals surface area contributed by atoms with Crippen molar-refractivity contribution >= 4 is 5.82 Å². The smallest absolute Gasteiger partial charge is 0.349 e. The first-order valence-electron chi connectivity index (χ1n) is 3.93. The maximum absolute atomic E-state index is 11.1. The zero-order valence-electron chi connectivity index (χ0n) is 7.59. The summed E-state index contributed by atoms with van der Waals surface area (Å²) in [6, 6.07) is 0. The lowest BCUT2D eigenvalue weighted by molar-refractivity contribution is 0.802. The van der Waals surface area contributed by atoms with Crippen molar-refractivity contribution in [1.82, 2.24) is 9.55 Å². The molecule has 66 valence electrons. The Kier molecular flexibility index (Phi) is 2.47. The molecule has 4 nitrogen and oxygen atoms in total. The molecule has 1 heterocycles. The van der Waals surface area contributed by atoms with Gasteiger partial charge in [-0.15, -0.1) is 0 Å². The summed E-state index contributed by atoms with van der Waals surface area (Å²) in [5.41, 5.74) is 0.760. The lowest BCUT2D eigenvalue weighted by Gasteiger charge is -2.06. The molecule has 0 bridgehead atoms. The van der Waals surface area contributed by atoms with E-state index in [9.17, 15) is 4.79 Å². The second-order valence-electron chi connectivity index (χ2n) is 2.70. The molecule has 0 radical (unpaired) electrons. The summed E-state index contributed by atoms with van der Waals surface area (Å²) >= 11 is 0.